The Hall–Kier alpha value is -2.54. The minimum atomic E-state index is -0.637. The zero-order chi connectivity index (χ0) is 26.8. The highest BCUT2D eigenvalue weighted by Crippen LogP contribution is 2.40. The van der Waals surface area contributed by atoms with E-state index in [1.807, 2.05) is 11.3 Å². The van der Waals surface area contributed by atoms with Gasteiger partial charge >= 0.3 is 5.97 Å². The van der Waals surface area contributed by atoms with E-state index in [1.165, 1.54) is 52.3 Å². The van der Waals surface area contributed by atoms with E-state index in [0.717, 1.165) is 45.6 Å². The summed E-state index contributed by atoms with van der Waals surface area (Å²) in [7, 11) is 0. The van der Waals surface area contributed by atoms with E-state index in [1.54, 1.807) is 0 Å². The average Bonchev–Trinajstić information content (AvgIpc) is 3.49. The predicted octanol–water partition coefficient (Wildman–Crippen LogP) is 6.19. The van der Waals surface area contributed by atoms with E-state index in [0.29, 0.717) is 23.7 Å². The number of hydrogen-bond donors (Lipinski definition) is 1. The van der Waals surface area contributed by atoms with E-state index in [4.69, 9.17) is 4.98 Å². The minimum Gasteiger partial charge on any atom is -0.480 e. The molecular formula is C33H41N3O2S. The molecule has 1 saturated carbocycles. The van der Waals surface area contributed by atoms with Gasteiger partial charge in [-0.2, -0.15) is 0 Å². The van der Waals surface area contributed by atoms with Crippen LogP contribution in [0.2, 0.25) is 0 Å². The molecule has 1 aliphatic carbocycles. The van der Waals surface area contributed by atoms with Crippen molar-refractivity contribution in [3.63, 3.8) is 0 Å². The Morgan fingerprint density at radius 1 is 1.05 bits per heavy atom. The minimum absolute atomic E-state index is 0.336. The molecule has 1 aromatic heterocycles. The number of benzene rings is 2. The Kier molecular flexibility index (Phi) is 8.14. The molecule has 0 unspecified atom stereocenters. The van der Waals surface area contributed by atoms with Gasteiger partial charge in [-0.25, -0.2) is 4.98 Å². The number of aromatic nitrogens is 1. The standard InChI is InChI=1S/C33H41N3O2S/c1-23-6-5-9-27(16-23)29-22-36(30(33(37)38)17-25-10-11-25)21-28(29)20-35-14-12-26(13-15-35)31-19-34-32(39-31)18-24-7-3-2-4-8-24/h2-9,16,19,25-26,28-30H,10-15,17-18,20-22H2,1H3,(H,37,38)/t28-,29+,30+/m0/s1. The van der Waals surface area contributed by atoms with Gasteiger partial charge in [0.15, 0.2) is 0 Å². The molecular weight excluding hydrogens is 502 g/mol. The normalized spacial score (nSPS) is 23.7. The molecule has 3 atom stereocenters. The first-order valence-corrected chi connectivity index (χ1v) is 15.6. The fourth-order valence-corrected chi connectivity index (χ4v) is 7.92. The second kappa shape index (κ2) is 11.9. The van der Waals surface area contributed by atoms with E-state index < -0.39 is 5.97 Å². The Labute approximate surface area is 236 Å². The zero-order valence-electron chi connectivity index (χ0n) is 23.0. The largest absolute Gasteiger partial charge is 0.480 e. The van der Waals surface area contributed by atoms with Gasteiger partial charge in [0, 0.05) is 43.0 Å². The zero-order valence-corrected chi connectivity index (χ0v) is 23.9. The number of likely N-dealkylation sites (tertiary alicyclic amines) is 2. The van der Waals surface area contributed by atoms with Crippen molar-refractivity contribution in [3.05, 3.63) is 87.4 Å². The van der Waals surface area contributed by atoms with Crippen LogP contribution < -0.4 is 0 Å². The van der Waals surface area contributed by atoms with Gasteiger partial charge < -0.3 is 10.0 Å². The summed E-state index contributed by atoms with van der Waals surface area (Å²) >= 11 is 1.89. The van der Waals surface area contributed by atoms with Gasteiger partial charge in [-0.05, 0) is 68.2 Å². The number of carboxylic acids is 1. The van der Waals surface area contributed by atoms with Gasteiger partial charge in [-0.15, -0.1) is 11.3 Å². The molecule has 6 heteroatoms. The second-order valence-corrected chi connectivity index (χ2v) is 13.3. The average molecular weight is 544 g/mol. The van der Waals surface area contributed by atoms with Crippen LogP contribution >= 0.6 is 11.3 Å². The summed E-state index contributed by atoms with van der Waals surface area (Å²) in [4.78, 5) is 23.4. The molecule has 5 nitrogen and oxygen atoms in total. The Bertz CT molecular complexity index is 1250. The van der Waals surface area contributed by atoms with Gasteiger partial charge in [-0.1, -0.05) is 73.0 Å². The van der Waals surface area contributed by atoms with Crippen molar-refractivity contribution >= 4 is 17.3 Å². The lowest BCUT2D eigenvalue weighted by molar-refractivity contribution is -0.143. The van der Waals surface area contributed by atoms with E-state index in [-0.39, 0.29) is 6.04 Å². The third-order valence-electron chi connectivity index (χ3n) is 9.17. The Morgan fingerprint density at radius 3 is 2.56 bits per heavy atom. The summed E-state index contributed by atoms with van der Waals surface area (Å²) in [5.41, 5.74) is 3.99. The highest BCUT2D eigenvalue weighted by atomic mass is 32.1. The van der Waals surface area contributed by atoms with Crippen LogP contribution in [-0.4, -0.2) is 64.6 Å². The topological polar surface area (TPSA) is 56.7 Å². The van der Waals surface area contributed by atoms with Crippen molar-refractivity contribution in [2.45, 2.75) is 63.3 Å². The molecule has 3 heterocycles. The fraction of sp³-hybridized carbons (Fsp3) is 0.515. The monoisotopic (exact) mass is 543 g/mol. The van der Waals surface area contributed by atoms with Crippen molar-refractivity contribution in [3.8, 4) is 0 Å². The maximum absolute atomic E-state index is 12.3. The van der Waals surface area contributed by atoms with Crippen LogP contribution in [0.4, 0.5) is 0 Å². The maximum atomic E-state index is 12.3. The maximum Gasteiger partial charge on any atom is 0.320 e. The third-order valence-corrected chi connectivity index (χ3v) is 10.3. The fourth-order valence-electron chi connectivity index (χ4n) is 6.79. The lowest BCUT2D eigenvalue weighted by Gasteiger charge is -2.34. The number of aliphatic carboxylic acids is 1. The van der Waals surface area contributed by atoms with Gasteiger partial charge in [0.05, 0.1) is 5.01 Å². The molecule has 2 saturated heterocycles. The predicted molar refractivity (Wildman–Crippen MR) is 158 cm³/mol. The van der Waals surface area contributed by atoms with E-state index in [2.05, 4.69) is 77.5 Å². The van der Waals surface area contributed by atoms with E-state index in [9.17, 15) is 9.90 Å². The van der Waals surface area contributed by atoms with Crippen LogP contribution in [0, 0.1) is 18.8 Å². The Morgan fingerprint density at radius 2 is 1.85 bits per heavy atom. The molecule has 3 aromatic rings. The Balaban J connectivity index is 1.09. The van der Waals surface area contributed by atoms with Gasteiger partial charge in [-0.3, -0.25) is 9.69 Å². The highest BCUT2D eigenvalue weighted by molar-refractivity contribution is 7.11. The number of aryl methyl sites for hydroxylation is 1. The molecule has 2 aromatic carbocycles. The van der Waals surface area contributed by atoms with Gasteiger partial charge in [0.2, 0.25) is 0 Å². The van der Waals surface area contributed by atoms with Crippen LogP contribution in [0.1, 0.15) is 70.5 Å². The molecule has 0 radical (unpaired) electrons. The van der Waals surface area contributed by atoms with Crippen LogP contribution in [0.25, 0.3) is 0 Å². The van der Waals surface area contributed by atoms with Crippen molar-refractivity contribution in [1.82, 2.24) is 14.8 Å². The number of rotatable bonds is 10. The first kappa shape index (κ1) is 26.7. The van der Waals surface area contributed by atoms with Crippen LogP contribution in [-0.2, 0) is 11.2 Å². The molecule has 6 rings (SSSR count). The third kappa shape index (κ3) is 6.62. The van der Waals surface area contributed by atoms with Crippen LogP contribution in [0.3, 0.4) is 0 Å². The SMILES string of the molecule is Cc1cccc([C@H]2CN([C@H](CC3CC3)C(=O)O)C[C@@H]2CN2CCC(c3cnc(Cc4ccccc4)s3)CC2)c1. The molecule has 3 aliphatic rings. The summed E-state index contributed by atoms with van der Waals surface area (Å²) in [6.45, 7) is 7.18. The van der Waals surface area contributed by atoms with Crippen LogP contribution in [0.15, 0.2) is 60.8 Å². The lowest BCUT2D eigenvalue weighted by Crippen LogP contribution is -2.41. The van der Waals surface area contributed by atoms with E-state index >= 15 is 0 Å². The number of carboxylic acid groups (broad SMARTS) is 1. The first-order valence-electron chi connectivity index (χ1n) is 14.8. The molecule has 1 N–H and O–H groups in total. The summed E-state index contributed by atoms with van der Waals surface area (Å²) in [6.07, 6.45) is 8.61. The number of nitrogens with zero attached hydrogens (tertiary/aromatic N) is 3. The molecule has 0 amide bonds. The molecule has 0 spiro atoms. The summed E-state index contributed by atoms with van der Waals surface area (Å²) in [5, 5.41) is 11.3. The molecule has 206 valence electrons. The lowest BCUT2D eigenvalue weighted by atomic mass is 9.87. The highest BCUT2D eigenvalue weighted by Gasteiger charge is 2.42. The molecule has 0 bridgehead atoms. The van der Waals surface area contributed by atoms with Gasteiger partial charge in [0.1, 0.15) is 6.04 Å². The molecule has 2 aliphatic heterocycles. The second-order valence-electron chi connectivity index (χ2n) is 12.2. The van der Waals surface area contributed by atoms with Gasteiger partial charge in [0.25, 0.3) is 0 Å². The number of hydrogen-bond acceptors (Lipinski definition) is 5. The summed E-state index contributed by atoms with van der Waals surface area (Å²) in [6, 6.07) is 19.2. The van der Waals surface area contributed by atoms with Crippen molar-refractivity contribution < 1.29 is 9.90 Å². The van der Waals surface area contributed by atoms with Crippen molar-refractivity contribution in [1.29, 1.82) is 0 Å². The summed E-state index contributed by atoms with van der Waals surface area (Å²) < 4.78 is 0. The smallest absolute Gasteiger partial charge is 0.320 e. The number of piperidine rings is 1. The number of thiazole rings is 1. The van der Waals surface area contributed by atoms with Crippen molar-refractivity contribution in [2.24, 2.45) is 11.8 Å². The molecule has 39 heavy (non-hydrogen) atoms. The summed E-state index contributed by atoms with van der Waals surface area (Å²) in [5.74, 6) is 1.44. The quantitative estimate of drug-likeness (QED) is 0.330. The number of carbonyl (C=O) groups is 1. The molecule has 3 fully saturated rings. The first-order chi connectivity index (χ1) is 19.0. The van der Waals surface area contributed by atoms with Crippen molar-refractivity contribution in [2.75, 3.05) is 32.7 Å². The van der Waals surface area contributed by atoms with Crippen LogP contribution in [0.5, 0.6) is 0 Å².